The number of hydrogen-bond acceptors (Lipinski definition) is 3. The molecule has 0 saturated heterocycles. The first kappa shape index (κ1) is 13.1. The molecule has 1 aromatic heterocycles. The molecule has 0 unspecified atom stereocenters. The van der Waals surface area contributed by atoms with Crippen LogP contribution in [0.2, 0.25) is 0 Å². The van der Waals surface area contributed by atoms with Gasteiger partial charge in [0.05, 0.1) is 0 Å². The number of nitrogens with one attached hydrogen (secondary N) is 2. The van der Waals surface area contributed by atoms with Crippen LogP contribution in [0.3, 0.4) is 0 Å². The van der Waals surface area contributed by atoms with Crippen molar-refractivity contribution in [1.82, 2.24) is 4.98 Å². The van der Waals surface area contributed by atoms with Crippen LogP contribution < -0.4 is 10.6 Å². The molecular formula is C15H14BrN3O. The number of benzene rings is 1. The van der Waals surface area contributed by atoms with Gasteiger partial charge in [0.2, 0.25) is 5.91 Å². The lowest BCUT2D eigenvalue weighted by Crippen LogP contribution is -2.18. The predicted molar refractivity (Wildman–Crippen MR) is 83.3 cm³/mol. The maximum atomic E-state index is 11.3. The first-order valence-corrected chi connectivity index (χ1v) is 7.23. The average molecular weight is 332 g/mol. The maximum Gasteiger partial charge on any atom is 0.224 e. The van der Waals surface area contributed by atoms with Crippen molar-refractivity contribution in [2.75, 3.05) is 10.6 Å². The van der Waals surface area contributed by atoms with Crippen LogP contribution in [0.15, 0.2) is 34.9 Å². The monoisotopic (exact) mass is 331 g/mol. The Kier molecular flexibility index (Phi) is 3.44. The van der Waals surface area contributed by atoms with Gasteiger partial charge in [0.25, 0.3) is 0 Å². The van der Waals surface area contributed by atoms with Crippen LogP contribution in [0, 0.1) is 6.92 Å². The van der Waals surface area contributed by atoms with Crippen molar-refractivity contribution in [2.45, 2.75) is 19.8 Å². The summed E-state index contributed by atoms with van der Waals surface area (Å²) in [6.07, 6.45) is 3.10. The predicted octanol–water partition coefficient (Wildman–Crippen LogP) is 3.78. The molecule has 0 radical (unpaired) electrons. The minimum atomic E-state index is 0.0867. The molecule has 5 heteroatoms. The Morgan fingerprint density at radius 3 is 2.95 bits per heavy atom. The highest BCUT2D eigenvalue weighted by atomic mass is 79.9. The Morgan fingerprint density at radius 2 is 2.15 bits per heavy atom. The Balaban J connectivity index is 1.86. The van der Waals surface area contributed by atoms with E-state index >= 15 is 0 Å². The summed E-state index contributed by atoms with van der Waals surface area (Å²) in [7, 11) is 0. The Morgan fingerprint density at radius 1 is 1.30 bits per heavy atom. The minimum Gasteiger partial charge on any atom is -0.340 e. The smallest absolute Gasteiger partial charge is 0.224 e. The van der Waals surface area contributed by atoms with Crippen molar-refractivity contribution >= 4 is 39.0 Å². The largest absolute Gasteiger partial charge is 0.340 e. The summed E-state index contributed by atoms with van der Waals surface area (Å²) < 4.78 is 0.966. The normalized spacial score (nSPS) is 13.6. The van der Waals surface area contributed by atoms with Crippen LogP contribution in [0.4, 0.5) is 17.2 Å². The molecule has 0 aliphatic carbocycles. The van der Waals surface area contributed by atoms with Crippen molar-refractivity contribution in [3.8, 4) is 0 Å². The van der Waals surface area contributed by atoms with Gasteiger partial charge in [-0.15, -0.1) is 0 Å². The summed E-state index contributed by atoms with van der Waals surface area (Å²) in [5.74, 6) is 0.927. The number of amides is 1. The molecular weight excluding hydrogens is 318 g/mol. The van der Waals surface area contributed by atoms with Crippen LogP contribution in [0.25, 0.3) is 0 Å². The third-order valence-electron chi connectivity index (χ3n) is 3.31. The van der Waals surface area contributed by atoms with E-state index in [-0.39, 0.29) is 5.91 Å². The molecule has 0 saturated carbocycles. The van der Waals surface area contributed by atoms with Crippen LogP contribution in [-0.2, 0) is 11.2 Å². The number of carbonyl (C=O) groups is 1. The number of aryl methyl sites for hydroxylation is 2. The van der Waals surface area contributed by atoms with Crippen LogP contribution in [0.1, 0.15) is 17.5 Å². The summed E-state index contributed by atoms with van der Waals surface area (Å²) in [5.41, 5.74) is 4.12. The van der Waals surface area contributed by atoms with Crippen molar-refractivity contribution in [3.05, 3.63) is 46.1 Å². The number of rotatable bonds is 2. The standard InChI is InChI=1S/C15H14BrN3O/c1-9-6-11(16)8-17-15(9)18-12-3-4-13-10(7-12)2-5-14(20)19-13/h3-4,6-8H,2,5H2,1H3,(H,17,18)(H,19,20). The number of pyridine rings is 1. The highest BCUT2D eigenvalue weighted by molar-refractivity contribution is 9.10. The molecule has 1 amide bonds. The number of anilines is 3. The number of fused-ring (bicyclic) bond motifs is 1. The van der Waals surface area contributed by atoms with Gasteiger partial charge >= 0.3 is 0 Å². The van der Waals surface area contributed by atoms with Gasteiger partial charge in [-0.2, -0.15) is 0 Å². The summed E-state index contributed by atoms with van der Waals surface area (Å²) in [6.45, 7) is 2.01. The van der Waals surface area contributed by atoms with E-state index in [1.54, 1.807) is 6.20 Å². The molecule has 0 fully saturated rings. The lowest BCUT2D eigenvalue weighted by atomic mass is 10.0. The molecule has 102 valence electrons. The van der Waals surface area contributed by atoms with E-state index in [2.05, 4.69) is 37.6 Å². The molecule has 1 aliphatic heterocycles. The van der Waals surface area contributed by atoms with E-state index in [9.17, 15) is 4.79 Å². The molecule has 2 heterocycles. The number of nitrogens with zero attached hydrogens (tertiary/aromatic N) is 1. The number of carbonyl (C=O) groups excluding carboxylic acids is 1. The molecule has 2 aromatic rings. The fraction of sp³-hybridized carbons (Fsp3) is 0.200. The first-order valence-electron chi connectivity index (χ1n) is 6.44. The van der Waals surface area contributed by atoms with E-state index in [1.807, 2.05) is 25.1 Å². The van der Waals surface area contributed by atoms with Crippen molar-refractivity contribution in [1.29, 1.82) is 0 Å². The second-order valence-corrected chi connectivity index (χ2v) is 5.78. The third kappa shape index (κ3) is 2.67. The van der Waals surface area contributed by atoms with Crippen molar-refractivity contribution < 1.29 is 4.79 Å². The quantitative estimate of drug-likeness (QED) is 0.880. The topological polar surface area (TPSA) is 54.0 Å². The SMILES string of the molecule is Cc1cc(Br)cnc1Nc1ccc2c(c1)CCC(=O)N2. The molecule has 1 aromatic carbocycles. The van der Waals surface area contributed by atoms with Gasteiger partial charge in [-0.25, -0.2) is 4.98 Å². The van der Waals surface area contributed by atoms with Gasteiger partial charge in [0, 0.05) is 28.5 Å². The number of aromatic nitrogens is 1. The van der Waals surface area contributed by atoms with E-state index in [0.29, 0.717) is 6.42 Å². The zero-order valence-corrected chi connectivity index (χ0v) is 12.6. The van der Waals surface area contributed by atoms with E-state index < -0.39 is 0 Å². The van der Waals surface area contributed by atoms with Gasteiger partial charge in [0.1, 0.15) is 5.82 Å². The van der Waals surface area contributed by atoms with Gasteiger partial charge in [-0.3, -0.25) is 4.79 Å². The first-order chi connectivity index (χ1) is 9.61. The molecule has 3 rings (SSSR count). The molecule has 0 bridgehead atoms. The van der Waals surface area contributed by atoms with Crippen LogP contribution >= 0.6 is 15.9 Å². The fourth-order valence-corrected chi connectivity index (χ4v) is 2.71. The van der Waals surface area contributed by atoms with Gasteiger partial charge in [0.15, 0.2) is 0 Å². The minimum absolute atomic E-state index is 0.0867. The molecule has 20 heavy (non-hydrogen) atoms. The number of hydrogen-bond donors (Lipinski definition) is 2. The highest BCUT2D eigenvalue weighted by Gasteiger charge is 2.14. The Hall–Kier alpha value is -1.88. The Labute approximate surface area is 125 Å². The van der Waals surface area contributed by atoms with Crippen molar-refractivity contribution in [2.24, 2.45) is 0 Å². The summed E-state index contributed by atoms with van der Waals surface area (Å²) in [4.78, 5) is 15.7. The van der Waals surface area contributed by atoms with E-state index in [0.717, 1.165) is 39.2 Å². The van der Waals surface area contributed by atoms with E-state index in [4.69, 9.17) is 0 Å². The lowest BCUT2D eigenvalue weighted by Gasteiger charge is -2.18. The van der Waals surface area contributed by atoms with Crippen LogP contribution in [-0.4, -0.2) is 10.9 Å². The molecule has 2 N–H and O–H groups in total. The third-order valence-corrected chi connectivity index (χ3v) is 3.74. The van der Waals surface area contributed by atoms with Gasteiger partial charge < -0.3 is 10.6 Å². The summed E-state index contributed by atoms with van der Waals surface area (Å²) in [6, 6.07) is 7.97. The van der Waals surface area contributed by atoms with Crippen molar-refractivity contribution in [3.63, 3.8) is 0 Å². The zero-order valence-electron chi connectivity index (χ0n) is 11.0. The summed E-state index contributed by atoms with van der Waals surface area (Å²) >= 11 is 3.41. The molecule has 4 nitrogen and oxygen atoms in total. The maximum absolute atomic E-state index is 11.3. The fourth-order valence-electron chi connectivity index (χ4n) is 2.27. The molecule has 0 atom stereocenters. The van der Waals surface area contributed by atoms with Crippen LogP contribution in [0.5, 0.6) is 0 Å². The average Bonchev–Trinajstić information content (AvgIpc) is 2.42. The second kappa shape index (κ2) is 5.25. The van der Waals surface area contributed by atoms with E-state index in [1.165, 1.54) is 0 Å². The second-order valence-electron chi connectivity index (χ2n) is 4.86. The molecule has 0 spiro atoms. The van der Waals surface area contributed by atoms with Gasteiger partial charge in [-0.05, 0) is 64.7 Å². The van der Waals surface area contributed by atoms with Gasteiger partial charge in [-0.1, -0.05) is 0 Å². The highest BCUT2D eigenvalue weighted by Crippen LogP contribution is 2.28. The summed E-state index contributed by atoms with van der Waals surface area (Å²) in [5, 5.41) is 6.20. The zero-order chi connectivity index (χ0) is 14.1. The number of halogens is 1. The molecule has 1 aliphatic rings. The lowest BCUT2D eigenvalue weighted by molar-refractivity contribution is -0.116. The Bertz CT molecular complexity index is 685.